The van der Waals surface area contributed by atoms with E-state index in [9.17, 15) is 86.1 Å². The monoisotopic (exact) mass is 1180 g/mol. The SMILES string of the molecule is O=P([O-])([O-])CP(=O)([O-])[O-].O=P([O-])([O-])CP(=O)([O-])[O-].O=P([O-])([O-])CP(=O)([O-])[O-].[Ho+3].[Ho+3].[Ho+3].[Ho+3]. The quantitative estimate of drug-likeness (QED) is 0.176. The van der Waals surface area contributed by atoms with Crippen LogP contribution in [0.25, 0.3) is 0 Å². The van der Waals surface area contributed by atoms with Crippen molar-refractivity contribution in [3.05, 3.63) is 0 Å². The molecule has 0 saturated carbocycles. The van der Waals surface area contributed by atoms with E-state index in [2.05, 4.69) is 0 Å². The molecule has 18 nitrogen and oxygen atoms in total. The van der Waals surface area contributed by atoms with Crippen LogP contribution in [0.3, 0.4) is 0 Å². The van der Waals surface area contributed by atoms with Gasteiger partial charge in [0.25, 0.3) is 0 Å². The van der Waals surface area contributed by atoms with Gasteiger partial charge in [0.05, 0.1) is 0 Å². The van der Waals surface area contributed by atoms with Crippen LogP contribution in [-0.2, 0) is 27.4 Å². The van der Waals surface area contributed by atoms with Gasteiger partial charge in [-0.1, -0.05) is 45.6 Å². The Bertz CT molecular complexity index is 572. The summed E-state index contributed by atoms with van der Waals surface area (Å²) >= 11 is 0. The maximum atomic E-state index is 9.55. The fourth-order valence-corrected chi connectivity index (χ4v) is 5.73. The molecular formula is C3H6Ho4O18P6. The third-order valence-corrected chi connectivity index (χ3v) is 9.35. The van der Waals surface area contributed by atoms with Crippen molar-refractivity contribution >= 4 is 45.6 Å². The van der Waals surface area contributed by atoms with Crippen LogP contribution in [0.1, 0.15) is 0 Å². The van der Waals surface area contributed by atoms with E-state index in [0.717, 1.165) is 0 Å². The van der Waals surface area contributed by atoms with Gasteiger partial charge in [0.15, 0.2) is 0 Å². The third-order valence-electron chi connectivity index (χ3n) is 1.04. The number of hydrogen-bond acceptors (Lipinski definition) is 18. The summed E-state index contributed by atoms with van der Waals surface area (Å²) in [6.07, 6.45) is 0. The molecule has 0 N–H and O–H groups in total. The average molecular weight is 1180 g/mol. The maximum Gasteiger partial charge on any atom is 3.00 e. The molecule has 0 radical (unpaired) electrons. The van der Waals surface area contributed by atoms with E-state index in [1.165, 1.54) is 0 Å². The summed E-state index contributed by atoms with van der Waals surface area (Å²) in [5.74, 6) is -5.46. The second-order valence-corrected chi connectivity index (χ2v) is 14.8. The second kappa shape index (κ2) is 21.7. The topological polar surface area (TPSA) is 379 Å². The first-order chi connectivity index (χ1) is 11.1. The van der Waals surface area contributed by atoms with Crippen molar-refractivity contribution in [3.8, 4) is 0 Å². The molecule has 0 bridgehead atoms. The molecule has 0 aliphatic heterocycles. The van der Waals surface area contributed by atoms with Gasteiger partial charge in [-0.05, 0) is 0 Å². The fourth-order valence-electron chi connectivity index (χ4n) is 0.636. The molecule has 0 aliphatic rings. The van der Waals surface area contributed by atoms with Crippen LogP contribution in [0.4, 0.5) is 0 Å². The molecule has 0 saturated heterocycles. The predicted molar refractivity (Wildman–Crippen MR) is 60.2 cm³/mol. The Labute approximate surface area is 294 Å². The molecule has 0 unspecified atom stereocenters. The van der Waals surface area contributed by atoms with Crippen molar-refractivity contribution in [2.75, 3.05) is 17.7 Å². The first-order valence-corrected chi connectivity index (χ1v) is 15.6. The van der Waals surface area contributed by atoms with Gasteiger partial charge in [-0.25, -0.2) is 0 Å². The van der Waals surface area contributed by atoms with Gasteiger partial charge >= 0.3 is 151 Å². The molecule has 0 spiro atoms. The normalized spacial score (nSPS) is 12.0. The molecule has 0 heterocycles. The zero-order valence-corrected chi connectivity index (χ0v) is 26.5. The zero-order valence-electron chi connectivity index (χ0n) is 13.4. The van der Waals surface area contributed by atoms with Crippen LogP contribution in [-0.4, -0.2) is 17.7 Å². The van der Waals surface area contributed by atoms with Crippen LogP contribution >= 0.6 is 45.6 Å². The minimum Gasteiger partial charge on any atom is -0.810 e. The smallest absolute Gasteiger partial charge is 0.810 e. The standard InChI is InChI=1S/3CH6O6P2.4Ho/c3*2-8(3,4)1-9(5,6)7;;;;/h3*1H2,(H2,2,3,4)(H2,5,6,7);;;;/q;;;4*+3/p-12. The molecule has 0 aromatic heterocycles. The minimum absolute atomic E-state index is 0. The molecule has 31 heavy (non-hydrogen) atoms. The summed E-state index contributed by atoms with van der Waals surface area (Å²) in [7, 11) is -31.1. The third kappa shape index (κ3) is 72.2. The molecule has 0 fully saturated rings. The van der Waals surface area contributed by atoms with E-state index in [4.69, 9.17) is 0 Å². The van der Waals surface area contributed by atoms with E-state index < -0.39 is 63.3 Å². The first kappa shape index (κ1) is 53.2. The summed E-state index contributed by atoms with van der Waals surface area (Å²) in [6, 6.07) is 0. The molecule has 0 atom stereocenters. The Morgan fingerprint density at radius 3 is 0.355 bits per heavy atom. The van der Waals surface area contributed by atoms with Crippen LogP contribution < -0.4 is 58.7 Å². The van der Waals surface area contributed by atoms with Crippen molar-refractivity contribution in [1.82, 2.24) is 0 Å². The van der Waals surface area contributed by atoms with Crippen molar-refractivity contribution in [1.29, 1.82) is 0 Å². The fraction of sp³-hybridized carbons (Fsp3) is 1.00. The first-order valence-electron chi connectivity index (χ1n) is 5.18. The molecular weight excluding hydrogens is 1170 g/mol. The minimum atomic E-state index is -5.18. The van der Waals surface area contributed by atoms with Gasteiger partial charge in [0.1, 0.15) is 0 Å². The Morgan fingerprint density at radius 1 is 0.290 bits per heavy atom. The molecule has 0 aliphatic carbocycles. The summed E-state index contributed by atoms with van der Waals surface area (Å²) in [4.78, 5) is 115. The van der Waals surface area contributed by atoms with E-state index in [0.29, 0.717) is 0 Å². The van der Waals surface area contributed by atoms with Crippen LogP contribution in [0, 0.1) is 151 Å². The van der Waals surface area contributed by atoms with Crippen molar-refractivity contribution in [2.24, 2.45) is 0 Å². The summed E-state index contributed by atoms with van der Waals surface area (Å²) < 4.78 is 57.3. The van der Waals surface area contributed by atoms with E-state index in [1.54, 1.807) is 0 Å². The predicted octanol–water partition coefficient (Wildman–Crippen LogP) is -9.69. The summed E-state index contributed by atoms with van der Waals surface area (Å²) in [5.41, 5.74) is 0. The van der Waals surface area contributed by atoms with Gasteiger partial charge in [-0.2, -0.15) is 0 Å². The molecule has 28 heteroatoms. The maximum absolute atomic E-state index is 9.55. The number of rotatable bonds is 6. The Hall–Kier alpha value is 5.94. The van der Waals surface area contributed by atoms with Crippen LogP contribution in [0.2, 0.25) is 0 Å². The molecule has 200 valence electrons. The number of hydrogen-bond donors (Lipinski definition) is 0. The second-order valence-electron chi connectivity index (χ2n) is 4.09. The molecule has 0 amide bonds. The zero-order chi connectivity index (χ0) is 23.1. The summed E-state index contributed by atoms with van der Waals surface area (Å²) in [6.45, 7) is 0. The Morgan fingerprint density at radius 2 is 0.355 bits per heavy atom. The average Bonchev–Trinajstić information content (AvgIpc) is 1.96. The van der Waals surface area contributed by atoms with Gasteiger partial charge in [-0.15, -0.1) is 0 Å². The van der Waals surface area contributed by atoms with Crippen LogP contribution in [0.5, 0.6) is 0 Å². The van der Waals surface area contributed by atoms with E-state index >= 15 is 0 Å². The molecule has 0 rings (SSSR count). The van der Waals surface area contributed by atoms with Crippen molar-refractivity contribution < 1.29 is 237 Å². The van der Waals surface area contributed by atoms with Gasteiger partial charge in [0, 0.05) is 17.7 Å². The van der Waals surface area contributed by atoms with E-state index in [1.807, 2.05) is 0 Å². The molecule has 0 aromatic rings. The Balaban J connectivity index is -0.0000000524. The summed E-state index contributed by atoms with van der Waals surface area (Å²) in [5, 5.41) is 0. The largest absolute Gasteiger partial charge is 3.00 e. The van der Waals surface area contributed by atoms with Crippen LogP contribution in [0.15, 0.2) is 0 Å². The van der Waals surface area contributed by atoms with Crippen molar-refractivity contribution in [3.63, 3.8) is 0 Å². The van der Waals surface area contributed by atoms with Gasteiger partial charge in [0.2, 0.25) is 0 Å². The Kier molecular flexibility index (Phi) is 37.3. The van der Waals surface area contributed by atoms with E-state index in [-0.39, 0.29) is 151 Å². The van der Waals surface area contributed by atoms with Crippen molar-refractivity contribution in [2.45, 2.75) is 0 Å². The van der Waals surface area contributed by atoms with Gasteiger partial charge < -0.3 is 86.1 Å². The van der Waals surface area contributed by atoms with Gasteiger partial charge in [-0.3, -0.25) is 0 Å². The molecule has 0 aromatic carbocycles.